The van der Waals surface area contributed by atoms with Gasteiger partial charge < -0.3 is 15.4 Å². The van der Waals surface area contributed by atoms with E-state index in [4.69, 9.17) is 4.74 Å². The van der Waals surface area contributed by atoms with Gasteiger partial charge in [-0.3, -0.25) is 9.89 Å². The normalized spacial score (nSPS) is 17.7. The Balaban J connectivity index is 0.00000625. The molecule has 0 aromatic rings. The van der Waals surface area contributed by atoms with E-state index >= 15 is 0 Å². The summed E-state index contributed by atoms with van der Waals surface area (Å²) in [6.45, 7) is 10.8. The highest BCUT2D eigenvalue weighted by Crippen LogP contribution is 2.19. The quantitative estimate of drug-likeness (QED) is 0.266. The van der Waals surface area contributed by atoms with Gasteiger partial charge in [-0.2, -0.15) is 0 Å². The summed E-state index contributed by atoms with van der Waals surface area (Å²) in [5, 5.41) is 6.49. The van der Waals surface area contributed by atoms with Crippen LogP contribution < -0.4 is 10.6 Å². The zero-order valence-corrected chi connectivity index (χ0v) is 19.8. The van der Waals surface area contributed by atoms with Crippen LogP contribution >= 0.6 is 24.0 Å². The number of hydrogen-bond acceptors (Lipinski definition) is 5. The van der Waals surface area contributed by atoms with Crippen molar-refractivity contribution in [2.45, 2.75) is 39.7 Å². The van der Waals surface area contributed by atoms with E-state index in [0.29, 0.717) is 24.5 Å². The van der Waals surface area contributed by atoms with Crippen molar-refractivity contribution < 1.29 is 13.2 Å². The molecule has 7 nitrogen and oxygen atoms in total. The number of nitrogens with zero attached hydrogens (tertiary/aromatic N) is 2. The van der Waals surface area contributed by atoms with Crippen LogP contribution in [0.1, 0.15) is 33.6 Å². The minimum absolute atomic E-state index is 0. The van der Waals surface area contributed by atoms with Gasteiger partial charge in [-0.25, -0.2) is 8.42 Å². The Kier molecular flexibility index (Phi) is 13.9. The Hall–Kier alpha value is -0.130. The van der Waals surface area contributed by atoms with Crippen LogP contribution in [0.5, 0.6) is 0 Å². The first-order valence-corrected chi connectivity index (χ1v) is 11.3. The molecule has 0 bridgehead atoms. The minimum atomic E-state index is -2.96. The first-order valence-electron chi connectivity index (χ1n) is 9.44. The summed E-state index contributed by atoms with van der Waals surface area (Å²) in [6.07, 6.45) is 2.28. The molecule has 0 saturated carbocycles. The SMILES string of the molecule is CCC(CC)C(CNC(=NC)NCCS(=O)(=O)CC)N1CCOCC1.I. The highest BCUT2D eigenvalue weighted by Gasteiger charge is 2.27. The molecule has 0 aliphatic carbocycles. The summed E-state index contributed by atoms with van der Waals surface area (Å²) in [4.78, 5) is 6.72. The molecule has 1 aliphatic rings. The minimum Gasteiger partial charge on any atom is -0.379 e. The molecule has 1 atom stereocenters. The number of morpholine rings is 1. The van der Waals surface area contributed by atoms with Crippen LogP contribution in [0.4, 0.5) is 0 Å². The van der Waals surface area contributed by atoms with E-state index < -0.39 is 9.84 Å². The van der Waals surface area contributed by atoms with Crippen LogP contribution in [0.15, 0.2) is 4.99 Å². The number of guanidine groups is 1. The maximum atomic E-state index is 11.6. The van der Waals surface area contributed by atoms with Gasteiger partial charge >= 0.3 is 0 Å². The molecule has 1 saturated heterocycles. The predicted molar refractivity (Wildman–Crippen MR) is 119 cm³/mol. The Bertz CT molecular complexity index is 492. The van der Waals surface area contributed by atoms with E-state index in [1.165, 1.54) is 0 Å². The lowest BCUT2D eigenvalue weighted by Gasteiger charge is -2.39. The Morgan fingerprint density at radius 2 is 1.77 bits per heavy atom. The van der Waals surface area contributed by atoms with Gasteiger partial charge in [-0.1, -0.05) is 33.6 Å². The van der Waals surface area contributed by atoms with Gasteiger partial charge in [-0.15, -0.1) is 24.0 Å². The molecule has 0 aromatic carbocycles. The van der Waals surface area contributed by atoms with Crippen molar-refractivity contribution in [3.63, 3.8) is 0 Å². The van der Waals surface area contributed by atoms with Crippen molar-refractivity contribution in [3.05, 3.63) is 0 Å². The number of hydrogen-bond donors (Lipinski definition) is 2. The average molecular weight is 504 g/mol. The third-order valence-electron chi connectivity index (χ3n) is 4.96. The standard InChI is InChI=1S/C17H36N4O3S.HI/c1-5-15(6-2)16(21-9-11-24-12-10-21)14-20-17(18-4)19-8-13-25(22,23)7-3;/h15-16H,5-14H2,1-4H3,(H2,18,19,20);1H. The lowest BCUT2D eigenvalue weighted by Crippen LogP contribution is -2.53. The largest absolute Gasteiger partial charge is 0.379 e. The van der Waals surface area contributed by atoms with Gasteiger partial charge in [0.1, 0.15) is 0 Å². The molecule has 156 valence electrons. The zero-order chi connectivity index (χ0) is 18.7. The molecule has 0 radical (unpaired) electrons. The van der Waals surface area contributed by atoms with Crippen molar-refractivity contribution >= 4 is 39.8 Å². The maximum Gasteiger partial charge on any atom is 0.191 e. The highest BCUT2D eigenvalue weighted by atomic mass is 127. The Morgan fingerprint density at radius 3 is 2.27 bits per heavy atom. The molecule has 0 spiro atoms. The average Bonchev–Trinajstić information content (AvgIpc) is 2.64. The molecule has 1 heterocycles. The summed E-state index contributed by atoms with van der Waals surface area (Å²) in [7, 11) is -1.25. The topological polar surface area (TPSA) is 83.0 Å². The molecule has 1 unspecified atom stereocenters. The second kappa shape index (κ2) is 14.0. The van der Waals surface area contributed by atoms with Crippen LogP contribution in [0.25, 0.3) is 0 Å². The van der Waals surface area contributed by atoms with Crippen molar-refractivity contribution in [3.8, 4) is 0 Å². The zero-order valence-electron chi connectivity index (χ0n) is 16.7. The van der Waals surface area contributed by atoms with E-state index in [1.54, 1.807) is 14.0 Å². The molecule has 1 rings (SSSR count). The molecule has 1 fully saturated rings. The second-order valence-electron chi connectivity index (χ2n) is 6.41. The van der Waals surface area contributed by atoms with Crippen molar-refractivity contribution in [1.29, 1.82) is 0 Å². The maximum absolute atomic E-state index is 11.6. The van der Waals surface area contributed by atoms with Crippen molar-refractivity contribution in [2.24, 2.45) is 10.9 Å². The summed E-state index contributed by atoms with van der Waals surface area (Å²) in [6, 6.07) is 0.428. The van der Waals surface area contributed by atoms with Gasteiger partial charge in [0.15, 0.2) is 15.8 Å². The fourth-order valence-corrected chi connectivity index (χ4v) is 3.93. The number of sulfone groups is 1. The Morgan fingerprint density at radius 1 is 1.15 bits per heavy atom. The summed E-state index contributed by atoms with van der Waals surface area (Å²) < 4.78 is 28.7. The lowest BCUT2D eigenvalue weighted by atomic mass is 9.92. The Labute approximate surface area is 176 Å². The van der Waals surface area contributed by atoms with Crippen LogP contribution in [0.3, 0.4) is 0 Å². The van der Waals surface area contributed by atoms with Crippen LogP contribution in [0.2, 0.25) is 0 Å². The first-order chi connectivity index (χ1) is 12.0. The lowest BCUT2D eigenvalue weighted by molar-refractivity contribution is 0.00272. The third kappa shape index (κ3) is 9.18. The van der Waals surface area contributed by atoms with Gasteiger partial charge in [0.2, 0.25) is 0 Å². The summed E-state index contributed by atoms with van der Waals surface area (Å²) in [5.41, 5.74) is 0. The predicted octanol–water partition coefficient (Wildman–Crippen LogP) is 1.34. The summed E-state index contributed by atoms with van der Waals surface area (Å²) >= 11 is 0. The summed E-state index contributed by atoms with van der Waals surface area (Å²) in [5.74, 6) is 1.58. The number of aliphatic imine (C=N–C) groups is 1. The first kappa shape index (κ1) is 25.9. The number of nitrogens with one attached hydrogen (secondary N) is 2. The number of ether oxygens (including phenoxy) is 1. The second-order valence-corrected chi connectivity index (χ2v) is 8.88. The van der Waals surface area contributed by atoms with Gasteiger partial charge in [-0.05, 0) is 5.92 Å². The fraction of sp³-hybridized carbons (Fsp3) is 0.941. The van der Waals surface area contributed by atoms with E-state index in [-0.39, 0.29) is 35.5 Å². The smallest absolute Gasteiger partial charge is 0.191 e. The number of halogens is 1. The highest BCUT2D eigenvalue weighted by molar-refractivity contribution is 14.0. The molecule has 1 aliphatic heterocycles. The van der Waals surface area contributed by atoms with E-state index in [2.05, 4.69) is 34.4 Å². The van der Waals surface area contributed by atoms with Gasteiger partial charge in [0, 0.05) is 45.0 Å². The third-order valence-corrected chi connectivity index (χ3v) is 6.66. The molecule has 0 amide bonds. The van der Waals surface area contributed by atoms with E-state index in [9.17, 15) is 8.42 Å². The number of rotatable bonds is 10. The van der Waals surface area contributed by atoms with E-state index in [1.807, 2.05) is 0 Å². The van der Waals surface area contributed by atoms with Crippen molar-refractivity contribution in [1.82, 2.24) is 15.5 Å². The van der Waals surface area contributed by atoms with Gasteiger partial charge in [0.05, 0.1) is 19.0 Å². The van der Waals surface area contributed by atoms with E-state index in [0.717, 1.165) is 45.7 Å². The monoisotopic (exact) mass is 504 g/mol. The molecule has 9 heteroatoms. The fourth-order valence-electron chi connectivity index (χ4n) is 3.23. The molecule has 26 heavy (non-hydrogen) atoms. The molecule has 2 N–H and O–H groups in total. The van der Waals surface area contributed by atoms with Crippen molar-refractivity contribution in [2.75, 3.05) is 57.9 Å². The van der Waals surface area contributed by atoms with Crippen LogP contribution in [-0.2, 0) is 14.6 Å². The molecular weight excluding hydrogens is 467 g/mol. The van der Waals surface area contributed by atoms with Crippen LogP contribution in [-0.4, -0.2) is 83.3 Å². The molecular formula is C17H37IN4O3S. The van der Waals surface area contributed by atoms with Crippen LogP contribution in [0, 0.1) is 5.92 Å². The molecule has 0 aromatic heterocycles. The van der Waals surface area contributed by atoms with Gasteiger partial charge in [0.25, 0.3) is 0 Å².